The summed E-state index contributed by atoms with van der Waals surface area (Å²) in [6.07, 6.45) is 2.63. The van der Waals surface area contributed by atoms with E-state index in [9.17, 15) is 9.59 Å². The summed E-state index contributed by atoms with van der Waals surface area (Å²) in [7, 11) is 0. The number of amides is 2. The fourth-order valence-corrected chi connectivity index (χ4v) is 3.86. The van der Waals surface area contributed by atoms with E-state index >= 15 is 0 Å². The molecule has 0 saturated heterocycles. The maximum atomic E-state index is 13.2. The molecule has 27 heavy (non-hydrogen) atoms. The first kappa shape index (κ1) is 17.5. The first-order valence-electron chi connectivity index (χ1n) is 9.38. The molecule has 1 unspecified atom stereocenters. The van der Waals surface area contributed by atoms with Crippen molar-refractivity contribution >= 4 is 34.6 Å². The van der Waals surface area contributed by atoms with Crippen LogP contribution in [0.2, 0.25) is 0 Å². The molecule has 138 valence electrons. The summed E-state index contributed by atoms with van der Waals surface area (Å²) in [6, 6.07) is 13.4. The van der Waals surface area contributed by atoms with E-state index in [2.05, 4.69) is 5.32 Å². The minimum atomic E-state index is -0.203. The second kappa shape index (κ2) is 6.99. The topological polar surface area (TPSA) is 61.8 Å². The van der Waals surface area contributed by atoms with Crippen molar-refractivity contribution in [2.45, 2.75) is 33.1 Å². The van der Waals surface area contributed by atoms with Gasteiger partial charge in [0.25, 0.3) is 0 Å². The number of aryl methyl sites for hydroxylation is 1. The molecule has 4 rings (SSSR count). The van der Waals surface area contributed by atoms with Crippen LogP contribution in [0.5, 0.6) is 0 Å². The highest BCUT2D eigenvalue weighted by Gasteiger charge is 2.37. The van der Waals surface area contributed by atoms with Crippen LogP contribution < -0.4 is 10.2 Å². The zero-order valence-corrected chi connectivity index (χ0v) is 15.7. The van der Waals surface area contributed by atoms with Gasteiger partial charge in [-0.3, -0.25) is 14.6 Å². The Bertz CT molecular complexity index is 948. The number of hydrogen-bond donors (Lipinski definition) is 1. The van der Waals surface area contributed by atoms with Gasteiger partial charge in [0.2, 0.25) is 11.8 Å². The number of fused-ring (bicyclic) bond motifs is 2. The summed E-state index contributed by atoms with van der Waals surface area (Å²) in [5.41, 5.74) is 5.37. The molecule has 1 saturated carbocycles. The Kier molecular flexibility index (Phi) is 4.52. The van der Waals surface area contributed by atoms with Crippen LogP contribution in [-0.2, 0) is 9.59 Å². The number of rotatable bonds is 3. The maximum Gasteiger partial charge on any atom is 0.244 e. The fraction of sp³-hybridized carbons (Fsp3) is 0.318. The molecule has 5 nitrogen and oxygen atoms in total. The van der Waals surface area contributed by atoms with E-state index in [1.807, 2.05) is 56.3 Å². The van der Waals surface area contributed by atoms with Gasteiger partial charge in [0.1, 0.15) is 6.54 Å². The van der Waals surface area contributed by atoms with Gasteiger partial charge in [0.15, 0.2) is 0 Å². The Morgan fingerprint density at radius 1 is 1.19 bits per heavy atom. The van der Waals surface area contributed by atoms with Crippen LogP contribution in [0.15, 0.2) is 47.5 Å². The van der Waals surface area contributed by atoms with Crippen LogP contribution in [0.25, 0.3) is 0 Å². The minimum Gasteiger partial charge on any atom is -0.324 e. The van der Waals surface area contributed by atoms with Gasteiger partial charge in [-0.05, 0) is 62.4 Å². The molecule has 0 aromatic heterocycles. The molecule has 0 bridgehead atoms. The standard InChI is InChI=1S/C22H23N3O2/c1-14-7-5-10-17(15(14)2)24-21(26)13-25-20-12-4-3-9-19(20)23-18-11-6-8-16(18)22(25)27/h3-5,7,9-10,12,16H,6,8,11,13H2,1-2H3,(H,24,26). The minimum absolute atomic E-state index is 0.0114. The Balaban J connectivity index is 1.62. The summed E-state index contributed by atoms with van der Waals surface area (Å²) in [6.45, 7) is 3.98. The average molecular weight is 361 g/mol. The van der Waals surface area contributed by atoms with E-state index in [1.165, 1.54) is 0 Å². The molecular weight excluding hydrogens is 338 g/mol. The summed E-state index contributed by atoms with van der Waals surface area (Å²) < 4.78 is 0. The molecule has 1 aliphatic heterocycles. The van der Waals surface area contributed by atoms with Gasteiger partial charge in [-0.25, -0.2) is 0 Å². The van der Waals surface area contributed by atoms with Crippen LogP contribution in [-0.4, -0.2) is 24.1 Å². The average Bonchev–Trinajstić information content (AvgIpc) is 3.08. The van der Waals surface area contributed by atoms with E-state index in [-0.39, 0.29) is 24.3 Å². The molecule has 1 atom stereocenters. The van der Waals surface area contributed by atoms with E-state index in [4.69, 9.17) is 4.99 Å². The molecule has 0 radical (unpaired) electrons. The van der Waals surface area contributed by atoms with E-state index in [0.717, 1.165) is 47.5 Å². The molecule has 1 N–H and O–H groups in total. The third kappa shape index (κ3) is 3.25. The first-order chi connectivity index (χ1) is 13.0. The van der Waals surface area contributed by atoms with Gasteiger partial charge in [-0.15, -0.1) is 0 Å². The first-order valence-corrected chi connectivity index (χ1v) is 9.38. The molecule has 5 heteroatoms. The Morgan fingerprint density at radius 2 is 2.00 bits per heavy atom. The van der Waals surface area contributed by atoms with Gasteiger partial charge in [0.05, 0.1) is 17.3 Å². The lowest BCUT2D eigenvalue weighted by atomic mass is 10.0. The lowest BCUT2D eigenvalue weighted by Crippen LogP contribution is -2.41. The van der Waals surface area contributed by atoms with Crippen molar-refractivity contribution in [1.82, 2.24) is 0 Å². The van der Waals surface area contributed by atoms with Crippen molar-refractivity contribution in [1.29, 1.82) is 0 Å². The quantitative estimate of drug-likeness (QED) is 0.892. The Hall–Kier alpha value is -2.95. The number of carbonyl (C=O) groups is 2. The second-order valence-corrected chi connectivity index (χ2v) is 7.26. The van der Waals surface area contributed by atoms with Gasteiger partial charge < -0.3 is 10.2 Å². The molecule has 1 fully saturated rings. The Labute approximate surface area is 159 Å². The van der Waals surface area contributed by atoms with Crippen LogP contribution >= 0.6 is 0 Å². The number of anilines is 2. The third-order valence-electron chi connectivity index (χ3n) is 5.51. The van der Waals surface area contributed by atoms with Crippen LogP contribution in [0.1, 0.15) is 30.4 Å². The van der Waals surface area contributed by atoms with Crippen molar-refractivity contribution in [3.05, 3.63) is 53.6 Å². The predicted octanol–water partition coefficient (Wildman–Crippen LogP) is 4.16. The molecule has 2 amide bonds. The molecule has 1 heterocycles. The van der Waals surface area contributed by atoms with E-state index in [0.29, 0.717) is 5.69 Å². The fourth-order valence-electron chi connectivity index (χ4n) is 3.86. The van der Waals surface area contributed by atoms with Gasteiger partial charge >= 0.3 is 0 Å². The number of carbonyl (C=O) groups excluding carboxylic acids is 2. The van der Waals surface area contributed by atoms with Gasteiger partial charge in [-0.2, -0.15) is 0 Å². The highest BCUT2D eigenvalue weighted by molar-refractivity contribution is 6.16. The second-order valence-electron chi connectivity index (χ2n) is 7.26. The summed E-state index contributed by atoms with van der Waals surface area (Å²) >= 11 is 0. The highest BCUT2D eigenvalue weighted by Crippen LogP contribution is 2.37. The number of nitrogens with zero attached hydrogens (tertiary/aromatic N) is 2. The van der Waals surface area contributed by atoms with Gasteiger partial charge in [0, 0.05) is 11.4 Å². The summed E-state index contributed by atoms with van der Waals surface area (Å²) in [4.78, 5) is 32.3. The molecule has 2 aromatic rings. The lowest BCUT2D eigenvalue weighted by molar-refractivity contribution is -0.122. The van der Waals surface area contributed by atoms with E-state index in [1.54, 1.807) is 4.90 Å². The summed E-state index contributed by atoms with van der Waals surface area (Å²) in [5, 5.41) is 2.96. The van der Waals surface area contributed by atoms with Crippen LogP contribution in [0, 0.1) is 19.8 Å². The number of hydrogen-bond acceptors (Lipinski definition) is 3. The molecular formula is C22H23N3O2. The predicted molar refractivity (Wildman–Crippen MR) is 108 cm³/mol. The van der Waals surface area contributed by atoms with Crippen molar-refractivity contribution in [3.63, 3.8) is 0 Å². The zero-order valence-electron chi connectivity index (χ0n) is 15.7. The smallest absolute Gasteiger partial charge is 0.244 e. The maximum absolute atomic E-state index is 13.2. The van der Waals surface area contributed by atoms with Crippen LogP contribution in [0.4, 0.5) is 17.1 Å². The lowest BCUT2D eigenvalue weighted by Gasteiger charge is -2.24. The van der Waals surface area contributed by atoms with Crippen molar-refractivity contribution < 1.29 is 9.59 Å². The van der Waals surface area contributed by atoms with Crippen molar-refractivity contribution in [3.8, 4) is 0 Å². The number of nitrogens with one attached hydrogen (secondary N) is 1. The zero-order chi connectivity index (χ0) is 19.0. The molecule has 2 aliphatic rings. The van der Waals surface area contributed by atoms with E-state index < -0.39 is 0 Å². The number of benzene rings is 2. The Morgan fingerprint density at radius 3 is 2.85 bits per heavy atom. The van der Waals surface area contributed by atoms with Crippen molar-refractivity contribution in [2.75, 3.05) is 16.8 Å². The normalized spacial score (nSPS) is 18.4. The molecule has 0 spiro atoms. The molecule has 2 aromatic carbocycles. The molecule has 1 aliphatic carbocycles. The number of aliphatic imine (C=N–C) groups is 1. The monoisotopic (exact) mass is 361 g/mol. The van der Waals surface area contributed by atoms with Crippen LogP contribution in [0.3, 0.4) is 0 Å². The van der Waals surface area contributed by atoms with Crippen molar-refractivity contribution in [2.24, 2.45) is 10.9 Å². The number of para-hydroxylation sites is 2. The highest BCUT2D eigenvalue weighted by atomic mass is 16.2. The largest absolute Gasteiger partial charge is 0.324 e. The van der Waals surface area contributed by atoms with Gasteiger partial charge in [-0.1, -0.05) is 24.3 Å². The SMILES string of the molecule is Cc1cccc(NC(=O)CN2C(=O)C3CCCC3=Nc3ccccc32)c1C. The summed E-state index contributed by atoms with van der Waals surface area (Å²) in [5.74, 6) is -0.425. The third-order valence-corrected chi connectivity index (χ3v) is 5.51.